The highest BCUT2D eigenvalue weighted by Crippen LogP contribution is 2.36. The molecule has 192 valence electrons. The van der Waals surface area contributed by atoms with Crippen LogP contribution < -0.4 is 24.8 Å². The zero-order valence-corrected chi connectivity index (χ0v) is 21.2. The maximum absolute atomic E-state index is 13.7. The van der Waals surface area contributed by atoms with Gasteiger partial charge in [0.05, 0.1) is 13.4 Å². The highest BCUT2D eigenvalue weighted by molar-refractivity contribution is 7.88. The predicted molar refractivity (Wildman–Crippen MR) is 133 cm³/mol. The molecule has 1 aliphatic carbocycles. The normalized spacial score (nSPS) is 18.7. The topological polar surface area (TPSA) is 106 Å². The van der Waals surface area contributed by atoms with Crippen molar-refractivity contribution in [2.45, 2.75) is 44.2 Å². The molecule has 8 nitrogen and oxygen atoms in total. The largest absolute Gasteiger partial charge is 0.494 e. The molecule has 0 heterocycles. The number of halogens is 1. The second-order valence-electron chi connectivity index (χ2n) is 8.86. The first kappa shape index (κ1) is 26.9. The molecule has 0 aliphatic heterocycles. The fourth-order valence-electron chi connectivity index (χ4n) is 4.31. The second-order valence-corrected chi connectivity index (χ2v) is 10.7. The van der Waals surface area contributed by atoms with Gasteiger partial charge < -0.3 is 20.1 Å². The van der Waals surface area contributed by atoms with Crippen LogP contribution in [0.1, 0.15) is 49.3 Å². The summed E-state index contributed by atoms with van der Waals surface area (Å²) in [6.45, 7) is 2.26. The van der Waals surface area contributed by atoms with Crippen LogP contribution in [-0.2, 0) is 14.8 Å². The first-order valence-electron chi connectivity index (χ1n) is 11.7. The molecule has 3 rings (SSSR count). The smallest absolute Gasteiger partial charge is 0.257 e. The van der Waals surface area contributed by atoms with Crippen molar-refractivity contribution in [2.24, 2.45) is 0 Å². The Bertz CT molecular complexity index is 1090. The van der Waals surface area contributed by atoms with Gasteiger partial charge in [0, 0.05) is 25.2 Å². The molecule has 0 spiro atoms. The van der Waals surface area contributed by atoms with Crippen LogP contribution in [0.2, 0.25) is 0 Å². The zero-order chi connectivity index (χ0) is 25.4. The summed E-state index contributed by atoms with van der Waals surface area (Å²) in [6, 6.07) is 13.2. The average molecular weight is 508 g/mol. The van der Waals surface area contributed by atoms with E-state index < -0.39 is 10.0 Å². The van der Waals surface area contributed by atoms with Crippen LogP contribution in [0, 0.1) is 5.82 Å². The van der Waals surface area contributed by atoms with E-state index in [1.807, 2.05) is 24.3 Å². The van der Waals surface area contributed by atoms with Gasteiger partial charge in [-0.1, -0.05) is 18.2 Å². The summed E-state index contributed by atoms with van der Waals surface area (Å²) < 4.78 is 48.6. The van der Waals surface area contributed by atoms with Crippen LogP contribution in [0.3, 0.4) is 0 Å². The lowest BCUT2D eigenvalue weighted by atomic mass is 9.97. The van der Waals surface area contributed by atoms with Gasteiger partial charge in [0.1, 0.15) is 5.75 Å². The molecule has 2 aromatic rings. The van der Waals surface area contributed by atoms with Crippen molar-refractivity contribution in [1.82, 2.24) is 15.4 Å². The minimum atomic E-state index is -3.27. The van der Waals surface area contributed by atoms with Crippen molar-refractivity contribution in [1.29, 1.82) is 0 Å². The molecule has 2 aromatic carbocycles. The summed E-state index contributed by atoms with van der Waals surface area (Å²) >= 11 is 0. The quantitative estimate of drug-likeness (QED) is 0.382. The average Bonchev–Trinajstić information content (AvgIpc) is 3.29. The second kappa shape index (κ2) is 12.3. The number of benzene rings is 2. The number of hydrogen-bond donors (Lipinski definition) is 3. The van der Waals surface area contributed by atoms with Crippen LogP contribution in [0.25, 0.3) is 0 Å². The minimum absolute atomic E-state index is 0.0809. The maximum Gasteiger partial charge on any atom is 0.257 e. The van der Waals surface area contributed by atoms with E-state index in [0.29, 0.717) is 17.7 Å². The van der Waals surface area contributed by atoms with Crippen molar-refractivity contribution >= 4 is 15.9 Å². The van der Waals surface area contributed by atoms with E-state index in [2.05, 4.69) is 22.3 Å². The zero-order valence-electron chi connectivity index (χ0n) is 20.3. The Morgan fingerprint density at radius 1 is 1.14 bits per heavy atom. The van der Waals surface area contributed by atoms with Gasteiger partial charge in [-0.3, -0.25) is 4.79 Å². The fourth-order valence-corrected chi connectivity index (χ4v) is 4.78. The van der Waals surface area contributed by atoms with E-state index in [-0.39, 0.29) is 43.2 Å². The van der Waals surface area contributed by atoms with Gasteiger partial charge >= 0.3 is 0 Å². The van der Waals surface area contributed by atoms with E-state index in [9.17, 15) is 17.6 Å². The molecular weight excluding hydrogens is 473 g/mol. The molecule has 0 radical (unpaired) electrons. The lowest BCUT2D eigenvalue weighted by Crippen LogP contribution is -2.36. The van der Waals surface area contributed by atoms with Gasteiger partial charge in [-0.15, -0.1) is 0 Å². The summed E-state index contributed by atoms with van der Waals surface area (Å²) in [7, 11) is -1.80. The number of nitrogens with one attached hydrogen (secondary N) is 3. The third-order valence-corrected chi connectivity index (χ3v) is 6.85. The summed E-state index contributed by atoms with van der Waals surface area (Å²) in [6.07, 6.45) is 4.20. The standard InChI is InChI=1S/C25H34FN3O5S/c1-17(19-7-11-23(26)24(15-19)33-2)29-21-8-4-20(14-21)18-5-9-22(10-6-18)34-16-25(30)27-12-13-28-35(3,31)32/h5-7,9-11,15,17,20-21,28-29H,4,8,12-14,16H2,1-3H3,(H,27,30)/t17-,20-,21+/m1/s1. The molecule has 35 heavy (non-hydrogen) atoms. The Kier molecular flexibility index (Phi) is 9.47. The molecule has 1 amide bonds. The van der Waals surface area contributed by atoms with Crippen molar-refractivity contribution in [3.8, 4) is 11.5 Å². The first-order chi connectivity index (χ1) is 16.6. The summed E-state index contributed by atoms with van der Waals surface area (Å²) in [4.78, 5) is 11.9. The molecule has 0 aromatic heterocycles. The van der Waals surface area contributed by atoms with E-state index in [4.69, 9.17) is 9.47 Å². The Labute approximate surface area is 206 Å². The molecule has 1 saturated carbocycles. The molecular formula is C25H34FN3O5S. The molecule has 1 aliphatic rings. The molecule has 10 heteroatoms. The van der Waals surface area contributed by atoms with Crippen LogP contribution in [0.4, 0.5) is 4.39 Å². The number of amides is 1. The number of carbonyl (C=O) groups excluding carboxylic acids is 1. The number of hydrogen-bond acceptors (Lipinski definition) is 6. The van der Waals surface area contributed by atoms with Gasteiger partial charge in [-0.05, 0) is 67.5 Å². The third kappa shape index (κ3) is 8.48. The number of rotatable bonds is 12. The number of sulfonamides is 1. The number of carbonyl (C=O) groups is 1. The molecule has 1 fully saturated rings. The summed E-state index contributed by atoms with van der Waals surface area (Å²) in [5, 5.41) is 6.25. The van der Waals surface area contributed by atoms with Crippen LogP contribution in [-0.4, -0.2) is 53.4 Å². The van der Waals surface area contributed by atoms with E-state index in [1.54, 1.807) is 12.1 Å². The van der Waals surface area contributed by atoms with E-state index in [0.717, 1.165) is 31.1 Å². The van der Waals surface area contributed by atoms with E-state index >= 15 is 0 Å². The van der Waals surface area contributed by atoms with Crippen LogP contribution in [0.15, 0.2) is 42.5 Å². The summed E-state index contributed by atoms with van der Waals surface area (Å²) in [5.74, 6) is 0.609. The van der Waals surface area contributed by atoms with Crippen molar-refractivity contribution in [3.05, 3.63) is 59.4 Å². The maximum atomic E-state index is 13.7. The van der Waals surface area contributed by atoms with Gasteiger partial charge in [0.2, 0.25) is 10.0 Å². The Hall–Kier alpha value is -2.69. The monoisotopic (exact) mass is 507 g/mol. The van der Waals surface area contributed by atoms with E-state index in [1.165, 1.54) is 18.7 Å². The SMILES string of the molecule is COc1cc([C@@H](C)N[C@H]2CC[C@@H](c3ccc(OCC(=O)NCCNS(C)(=O)=O)cc3)C2)ccc1F. The number of methoxy groups -OCH3 is 1. The van der Waals surface area contributed by atoms with Crippen molar-refractivity contribution < 1.29 is 27.1 Å². The Morgan fingerprint density at radius 3 is 2.57 bits per heavy atom. The van der Waals surface area contributed by atoms with Gasteiger partial charge in [-0.2, -0.15) is 0 Å². The lowest BCUT2D eigenvalue weighted by Gasteiger charge is -2.21. The van der Waals surface area contributed by atoms with Crippen molar-refractivity contribution in [2.75, 3.05) is 33.1 Å². The van der Waals surface area contributed by atoms with Crippen LogP contribution >= 0.6 is 0 Å². The Balaban J connectivity index is 1.42. The molecule has 0 unspecified atom stereocenters. The molecule has 0 saturated heterocycles. The predicted octanol–water partition coefficient (Wildman–Crippen LogP) is 2.87. The van der Waals surface area contributed by atoms with Gasteiger partial charge in [-0.25, -0.2) is 17.5 Å². The van der Waals surface area contributed by atoms with Crippen LogP contribution in [0.5, 0.6) is 11.5 Å². The van der Waals surface area contributed by atoms with Gasteiger partial charge in [0.25, 0.3) is 5.91 Å². The molecule has 0 bridgehead atoms. The first-order valence-corrected chi connectivity index (χ1v) is 13.6. The lowest BCUT2D eigenvalue weighted by molar-refractivity contribution is -0.123. The minimum Gasteiger partial charge on any atom is -0.494 e. The molecule has 3 N–H and O–H groups in total. The highest BCUT2D eigenvalue weighted by atomic mass is 32.2. The third-order valence-electron chi connectivity index (χ3n) is 6.13. The van der Waals surface area contributed by atoms with Crippen molar-refractivity contribution in [3.63, 3.8) is 0 Å². The molecule has 3 atom stereocenters. The summed E-state index contributed by atoms with van der Waals surface area (Å²) in [5.41, 5.74) is 2.22. The number of ether oxygens (including phenoxy) is 2. The van der Waals surface area contributed by atoms with Gasteiger partial charge in [0.15, 0.2) is 18.2 Å². The Morgan fingerprint density at radius 2 is 1.89 bits per heavy atom. The highest BCUT2D eigenvalue weighted by Gasteiger charge is 2.27. The fraction of sp³-hybridized carbons (Fsp3) is 0.480.